The SMILES string of the molecule is CC(C)(C)OC(=O)[C@@]12CCCN1[C@H](c1cccnc1Cl)[C@H](CO)C2. The van der Waals surface area contributed by atoms with Crippen molar-refractivity contribution in [1.82, 2.24) is 9.88 Å². The number of aromatic nitrogens is 1. The third-order valence-corrected chi connectivity index (χ3v) is 5.36. The van der Waals surface area contributed by atoms with Crippen LogP contribution in [0.1, 0.15) is 51.6 Å². The molecule has 6 heteroatoms. The number of aliphatic hydroxyl groups is 1. The Morgan fingerprint density at radius 3 is 2.92 bits per heavy atom. The summed E-state index contributed by atoms with van der Waals surface area (Å²) in [6.07, 6.45) is 3.94. The lowest BCUT2D eigenvalue weighted by molar-refractivity contribution is -0.167. The second-order valence-corrected chi connectivity index (χ2v) is 8.16. The summed E-state index contributed by atoms with van der Waals surface area (Å²) in [5.74, 6) is -0.243. The molecule has 1 N–H and O–H groups in total. The van der Waals surface area contributed by atoms with Gasteiger partial charge in [-0.25, -0.2) is 4.98 Å². The average Bonchev–Trinajstić information content (AvgIpc) is 3.03. The highest BCUT2D eigenvalue weighted by molar-refractivity contribution is 6.30. The van der Waals surface area contributed by atoms with E-state index in [1.165, 1.54) is 0 Å². The van der Waals surface area contributed by atoms with Gasteiger partial charge in [0.25, 0.3) is 0 Å². The molecular weight excluding hydrogens is 328 g/mol. The maximum Gasteiger partial charge on any atom is 0.327 e. The number of halogens is 1. The Morgan fingerprint density at radius 2 is 2.29 bits per heavy atom. The van der Waals surface area contributed by atoms with Gasteiger partial charge in [0.15, 0.2) is 0 Å². The van der Waals surface area contributed by atoms with Gasteiger partial charge < -0.3 is 9.84 Å². The smallest absolute Gasteiger partial charge is 0.327 e. The quantitative estimate of drug-likeness (QED) is 0.669. The van der Waals surface area contributed by atoms with E-state index in [-0.39, 0.29) is 24.5 Å². The molecule has 132 valence electrons. The zero-order valence-electron chi connectivity index (χ0n) is 14.5. The first-order valence-electron chi connectivity index (χ1n) is 8.50. The molecule has 0 bridgehead atoms. The van der Waals surface area contributed by atoms with E-state index in [1.807, 2.05) is 32.9 Å². The molecule has 0 amide bonds. The minimum absolute atomic E-state index is 0.0109. The Balaban J connectivity index is 1.98. The number of carbonyl (C=O) groups excluding carboxylic acids is 1. The van der Waals surface area contributed by atoms with Crippen molar-refractivity contribution in [3.8, 4) is 0 Å². The van der Waals surface area contributed by atoms with Crippen molar-refractivity contribution < 1.29 is 14.6 Å². The van der Waals surface area contributed by atoms with E-state index in [1.54, 1.807) is 6.20 Å². The Morgan fingerprint density at radius 1 is 1.54 bits per heavy atom. The summed E-state index contributed by atoms with van der Waals surface area (Å²) in [4.78, 5) is 19.4. The molecule has 0 spiro atoms. The molecule has 3 heterocycles. The Bertz CT molecular complexity index is 631. The minimum Gasteiger partial charge on any atom is -0.459 e. The van der Waals surface area contributed by atoms with Crippen LogP contribution in [0.25, 0.3) is 0 Å². The van der Waals surface area contributed by atoms with Crippen molar-refractivity contribution in [3.05, 3.63) is 29.0 Å². The number of pyridine rings is 1. The standard InChI is InChI=1S/C18H25ClN2O3/c1-17(2,3)24-16(23)18-7-5-9-21(18)14(12(10-18)11-22)13-6-4-8-20-15(13)19/h4,6,8,12,14,22H,5,7,9-11H2,1-3H3/t12-,14-,18-/m0/s1. The number of carbonyl (C=O) groups is 1. The van der Waals surface area contributed by atoms with Gasteiger partial charge in [-0.2, -0.15) is 0 Å². The maximum absolute atomic E-state index is 13.0. The Labute approximate surface area is 148 Å². The molecule has 5 nitrogen and oxygen atoms in total. The van der Waals surface area contributed by atoms with E-state index in [0.717, 1.165) is 24.9 Å². The van der Waals surface area contributed by atoms with E-state index < -0.39 is 11.1 Å². The molecule has 1 aromatic rings. The Kier molecular flexibility index (Phi) is 4.62. The van der Waals surface area contributed by atoms with E-state index in [9.17, 15) is 9.90 Å². The monoisotopic (exact) mass is 352 g/mol. The number of esters is 1. The molecule has 0 unspecified atom stereocenters. The predicted molar refractivity (Wildman–Crippen MR) is 91.7 cm³/mol. The first kappa shape index (κ1) is 17.6. The van der Waals surface area contributed by atoms with Crippen molar-refractivity contribution in [2.24, 2.45) is 5.92 Å². The van der Waals surface area contributed by atoms with Gasteiger partial charge in [0.2, 0.25) is 0 Å². The number of rotatable bonds is 3. The van der Waals surface area contributed by atoms with Crippen LogP contribution < -0.4 is 0 Å². The fourth-order valence-electron chi connectivity index (χ4n) is 4.21. The van der Waals surface area contributed by atoms with Crippen LogP contribution in [0.3, 0.4) is 0 Å². The van der Waals surface area contributed by atoms with Gasteiger partial charge in [0.1, 0.15) is 16.3 Å². The van der Waals surface area contributed by atoms with Crippen LogP contribution in [0, 0.1) is 5.92 Å². The van der Waals surface area contributed by atoms with Gasteiger partial charge in [-0.05, 0) is 52.6 Å². The van der Waals surface area contributed by atoms with Crippen molar-refractivity contribution in [1.29, 1.82) is 0 Å². The highest BCUT2D eigenvalue weighted by Crippen LogP contribution is 2.53. The third kappa shape index (κ3) is 2.93. The molecule has 0 saturated carbocycles. The fourth-order valence-corrected chi connectivity index (χ4v) is 4.44. The van der Waals surface area contributed by atoms with Crippen LogP contribution in [0.5, 0.6) is 0 Å². The van der Waals surface area contributed by atoms with Crippen LogP contribution in [0.2, 0.25) is 5.15 Å². The van der Waals surface area contributed by atoms with Crippen LogP contribution in [-0.4, -0.2) is 45.3 Å². The number of ether oxygens (including phenoxy) is 1. The molecule has 2 fully saturated rings. The zero-order valence-corrected chi connectivity index (χ0v) is 15.2. The number of hydrogen-bond acceptors (Lipinski definition) is 5. The minimum atomic E-state index is -0.662. The van der Waals surface area contributed by atoms with E-state index in [2.05, 4.69) is 9.88 Å². The van der Waals surface area contributed by atoms with Crippen LogP contribution in [0.15, 0.2) is 18.3 Å². The number of fused-ring (bicyclic) bond motifs is 1. The van der Waals surface area contributed by atoms with Crippen LogP contribution in [0.4, 0.5) is 0 Å². The first-order valence-corrected chi connectivity index (χ1v) is 8.88. The van der Waals surface area contributed by atoms with E-state index in [0.29, 0.717) is 11.6 Å². The second-order valence-electron chi connectivity index (χ2n) is 7.81. The molecule has 2 aliphatic rings. The highest BCUT2D eigenvalue weighted by atomic mass is 35.5. The predicted octanol–water partition coefficient (Wildman–Crippen LogP) is 2.96. The molecule has 3 rings (SSSR count). The van der Waals surface area contributed by atoms with Gasteiger partial charge in [-0.1, -0.05) is 17.7 Å². The average molecular weight is 353 g/mol. The van der Waals surface area contributed by atoms with Crippen molar-refractivity contribution in [2.75, 3.05) is 13.2 Å². The molecule has 2 aliphatic heterocycles. The zero-order chi connectivity index (χ0) is 17.5. The number of aliphatic hydroxyl groups excluding tert-OH is 1. The van der Waals surface area contributed by atoms with Gasteiger partial charge in [-0.3, -0.25) is 9.69 Å². The van der Waals surface area contributed by atoms with E-state index in [4.69, 9.17) is 16.3 Å². The summed E-state index contributed by atoms with van der Waals surface area (Å²) in [6, 6.07) is 3.68. The molecule has 0 radical (unpaired) electrons. The summed E-state index contributed by atoms with van der Waals surface area (Å²) in [5, 5.41) is 10.4. The van der Waals surface area contributed by atoms with E-state index >= 15 is 0 Å². The maximum atomic E-state index is 13.0. The number of nitrogens with zero attached hydrogens (tertiary/aromatic N) is 2. The summed E-state index contributed by atoms with van der Waals surface area (Å²) >= 11 is 6.31. The highest BCUT2D eigenvalue weighted by Gasteiger charge is 2.60. The molecule has 2 saturated heterocycles. The number of hydrogen-bond donors (Lipinski definition) is 1. The lowest BCUT2D eigenvalue weighted by Gasteiger charge is -2.35. The molecule has 1 aromatic heterocycles. The molecule has 0 aliphatic carbocycles. The van der Waals surface area contributed by atoms with Crippen LogP contribution in [-0.2, 0) is 9.53 Å². The van der Waals surface area contributed by atoms with Crippen LogP contribution >= 0.6 is 11.6 Å². The molecular formula is C18H25ClN2O3. The summed E-state index contributed by atoms with van der Waals surface area (Å²) in [6.45, 7) is 6.46. The summed E-state index contributed by atoms with van der Waals surface area (Å²) < 4.78 is 5.72. The molecule has 24 heavy (non-hydrogen) atoms. The third-order valence-electron chi connectivity index (χ3n) is 5.04. The van der Waals surface area contributed by atoms with Crippen molar-refractivity contribution >= 4 is 17.6 Å². The fraction of sp³-hybridized carbons (Fsp3) is 0.667. The van der Waals surface area contributed by atoms with Crippen molar-refractivity contribution in [3.63, 3.8) is 0 Å². The van der Waals surface area contributed by atoms with Crippen molar-refractivity contribution in [2.45, 2.75) is 57.2 Å². The largest absolute Gasteiger partial charge is 0.459 e. The molecule has 3 atom stereocenters. The summed E-state index contributed by atoms with van der Waals surface area (Å²) in [7, 11) is 0. The van der Waals surface area contributed by atoms with Gasteiger partial charge >= 0.3 is 5.97 Å². The Hall–Kier alpha value is -1.17. The topological polar surface area (TPSA) is 62.7 Å². The first-order chi connectivity index (χ1) is 11.3. The van der Waals surface area contributed by atoms with Gasteiger partial charge in [0, 0.05) is 30.3 Å². The van der Waals surface area contributed by atoms with Gasteiger partial charge in [0.05, 0.1) is 0 Å². The normalized spacial score (nSPS) is 30.4. The summed E-state index contributed by atoms with van der Waals surface area (Å²) in [5.41, 5.74) is -0.311. The van der Waals surface area contributed by atoms with Gasteiger partial charge in [-0.15, -0.1) is 0 Å². The molecule has 0 aromatic carbocycles. The lowest BCUT2D eigenvalue weighted by Crippen LogP contribution is -2.49. The second kappa shape index (κ2) is 6.28. The lowest BCUT2D eigenvalue weighted by atomic mass is 9.87.